The van der Waals surface area contributed by atoms with Crippen molar-refractivity contribution in [2.24, 2.45) is 0 Å². The topological polar surface area (TPSA) is 58.6 Å². The third-order valence-electron chi connectivity index (χ3n) is 4.59. The molecule has 0 bridgehead atoms. The van der Waals surface area contributed by atoms with Crippen LogP contribution < -0.4 is 10.1 Å². The molecule has 5 nitrogen and oxygen atoms in total. The summed E-state index contributed by atoms with van der Waals surface area (Å²) in [7, 11) is 0. The highest BCUT2D eigenvalue weighted by Gasteiger charge is 2.15. The molecule has 0 atom stereocenters. The van der Waals surface area contributed by atoms with Gasteiger partial charge in [-0.15, -0.1) is 0 Å². The van der Waals surface area contributed by atoms with Crippen molar-refractivity contribution in [2.75, 3.05) is 25.0 Å². The number of anilines is 1. The minimum atomic E-state index is -0.237. The van der Waals surface area contributed by atoms with E-state index in [4.69, 9.17) is 4.74 Å². The van der Waals surface area contributed by atoms with E-state index < -0.39 is 0 Å². The van der Waals surface area contributed by atoms with Crippen LogP contribution in [-0.2, 0) is 0 Å². The molecule has 2 aromatic carbocycles. The summed E-state index contributed by atoms with van der Waals surface area (Å²) in [6.07, 6.45) is 3.87. The first-order valence-electron chi connectivity index (χ1n) is 10.6. The molecule has 0 aliphatic rings. The molecule has 0 radical (unpaired) electrons. The lowest BCUT2D eigenvalue weighted by Crippen LogP contribution is -2.32. The van der Waals surface area contributed by atoms with E-state index in [0.717, 1.165) is 49.0 Å². The van der Waals surface area contributed by atoms with Crippen molar-refractivity contribution in [3.05, 3.63) is 58.1 Å². The highest BCUT2D eigenvalue weighted by atomic mass is 79.9. The van der Waals surface area contributed by atoms with E-state index >= 15 is 0 Å². The molecule has 0 heterocycles. The van der Waals surface area contributed by atoms with E-state index in [9.17, 15) is 9.59 Å². The summed E-state index contributed by atoms with van der Waals surface area (Å²) < 4.78 is 6.45. The molecular formula is C24H31BrN2O3. The number of carbonyl (C=O) groups excluding carboxylic acids is 2. The van der Waals surface area contributed by atoms with Gasteiger partial charge in [0, 0.05) is 29.9 Å². The lowest BCUT2D eigenvalue weighted by atomic mass is 10.1. The van der Waals surface area contributed by atoms with Crippen LogP contribution in [0.25, 0.3) is 0 Å². The Kier molecular flexibility index (Phi) is 9.87. The highest BCUT2D eigenvalue weighted by molar-refractivity contribution is 9.10. The van der Waals surface area contributed by atoms with Crippen LogP contribution in [0, 0.1) is 0 Å². The van der Waals surface area contributed by atoms with Crippen molar-refractivity contribution in [1.82, 2.24) is 4.90 Å². The second kappa shape index (κ2) is 12.4. The summed E-state index contributed by atoms with van der Waals surface area (Å²) in [6.45, 7) is 8.33. The number of halogens is 1. The zero-order valence-electron chi connectivity index (χ0n) is 18.0. The summed E-state index contributed by atoms with van der Waals surface area (Å²) in [5.41, 5.74) is 1.69. The summed E-state index contributed by atoms with van der Waals surface area (Å²) in [5.74, 6) is 0.477. The maximum atomic E-state index is 12.8. The Morgan fingerprint density at radius 2 is 1.70 bits per heavy atom. The van der Waals surface area contributed by atoms with Gasteiger partial charge in [0.2, 0.25) is 0 Å². The minimum Gasteiger partial charge on any atom is -0.492 e. The Morgan fingerprint density at radius 3 is 2.33 bits per heavy atom. The maximum Gasteiger partial charge on any atom is 0.255 e. The Bertz CT molecular complexity index is 848. The number of rotatable bonds is 11. The molecular weight excluding hydrogens is 444 g/mol. The van der Waals surface area contributed by atoms with Crippen molar-refractivity contribution in [2.45, 2.75) is 46.5 Å². The van der Waals surface area contributed by atoms with Gasteiger partial charge >= 0.3 is 0 Å². The summed E-state index contributed by atoms with van der Waals surface area (Å²) in [6, 6.07) is 12.4. The number of hydrogen-bond acceptors (Lipinski definition) is 3. The molecule has 30 heavy (non-hydrogen) atoms. The van der Waals surface area contributed by atoms with Crippen LogP contribution in [0.1, 0.15) is 67.2 Å². The Morgan fingerprint density at radius 1 is 0.967 bits per heavy atom. The number of ether oxygens (including phenoxy) is 1. The molecule has 0 aliphatic heterocycles. The van der Waals surface area contributed by atoms with E-state index in [1.165, 1.54) is 0 Å². The standard InChI is InChI=1S/C24H31BrN2O3/c1-4-7-15-30-22-12-11-18(17-21(22)25)23(28)26-20-10-8-9-19(16-20)24(29)27(13-5-2)14-6-3/h8-12,16-17H,4-7,13-15H2,1-3H3,(H,26,28). The van der Waals surface area contributed by atoms with Gasteiger partial charge in [0.25, 0.3) is 11.8 Å². The van der Waals surface area contributed by atoms with Crippen molar-refractivity contribution in [3.8, 4) is 5.75 Å². The predicted octanol–water partition coefficient (Wildman–Crippen LogP) is 6.14. The maximum absolute atomic E-state index is 12.8. The van der Waals surface area contributed by atoms with Gasteiger partial charge in [0.15, 0.2) is 0 Å². The minimum absolute atomic E-state index is 0.00822. The van der Waals surface area contributed by atoms with Gasteiger partial charge < -0.3 is 15.0 Å². The molecule has 2 amide bonds. The third kappa shape index (κ3) is 6.87. The number of carbonyl (C=O) groups is 2. The van der Waals surface area contributed by atoms with Crippen LogP contribution in [-0.4, -0.2) is 36.4 Å². The van der Waals surface area contributed by atoms with Crippen LogP contribution in [0.5, 0.6) is 5.75 Å². The molecule has 0 saturated carbocycles. The average Bonchev–Trinajstić information content (AvgIpc) is 2.74. The number of benzene rings is 2. The number of hydrogen-bond donors (Lipinski definition) is 1. The SMILES string of the molecule is CCCCOc1ccc(C(=O)Nc2cccc(C(=O)N(CCC)CCC)c2)cc1Br. The molecule has 1 N–H and O–H groups in total. The monoisotopic (exact) mass is 474 g/mol. The van der Waals surface area contributed by atoms with Gasteiger partial charge in [-0.1, -0.05) is 33.3 Å². The van der Waals surface area contributed by atoms with Crippen molar-refractivity contribution in [3.63, 3.8) is 0 Å². The Labute approximate surface area is 187 Å². The van der Waals surface area contributed by atoms with Crippen molar-refractivity contribution >= 4 is 33.4 Å². The second-order valence-electron chi connectivity index (χ2n) is 7.17. The van der Waals surface area contributed by atoms with Gasteiger partial charge in [-0.2, -0.15) is 0 Å². The summed E-state index contributed by atoms with van der Waals surface area (Å²) >= 11 is 3.47. The molecule has 2 aromatic rings. The second-order valence-corrected chi connectivity index (χ2v) is 8.03. The van der Waals surface area contributed by atoms with E-state index in [2.05, 4.69) is 42.0 Å². The van der Waals surface area contributed by atoms with E-state index in [-0.39, 0.29) is 11.8 Å². The highest BCUT2D eigenvalue weighted by Crippen LogP contribution is 2.27. The van der Waals surface area contributed by atoms with Gasteiger partial charge in [0.05, 0.1) is 11.1 Å². The van der Waals surface area contributed by atoms with Gasteiger partial charge in [-0.05, 0) is 71.6 Å². The van der Waals surface area contributed by atoms with Crippen molar-refractivity contribution in [1.29, 1.82) is 0 Å². The average molecular weight is 475 g/mol. The molecule has 0 saturated heterocycles. The predicted molar refractivity (Wildman–Crippen MR) is 125 cm³/mol. The zero-order chi connectivity index (χ0) is 21.9. The van der Waals surface area contributed by atoms with Gasteiger partial charge in [-0.3, -0.25) is 9.59 Å². The van der Waals surface area contributed by atoms with Gasteiger partial charge in [-0.25, -0.2) is 0 Å². The molecule has 0 aromatic heterocycles. The largest absolute Gasteiger partial charge is 0.492 e. The fourth-order valence-corrected chi connectivity index (χ4v) is 3.55. The Hall–Kier alpha value is -2.34. The number of unbranched alkanes of at least 4 members (excludes halogenated alkanes) is 1. The number of nitrogens with zero attached hydrogens (tertiary/aromatic N) is 1. The van der Waals surface area contributed by atoms with E-state index in [1.54, 1.807) is 42.5 Å². The molecule has 2 rings (SSSR count). The van der Waals surface area contributed by atoms with Crippen LogP contribution >= 0.6 is 15.9 Å². The van der Waals surface area contributed by atoms with Crippen molar-refractivity contribution < 1.29 is 14.3 Å². The molecule has 162 valence electrons. The summed E-state index contributed by atoms with van der Waals surface area (Å²) in [5, 5.41) is 2.88. The lowest BCUT2D eigenvalue weighted by molar-refractivity contribution is 0.0755. The molecule has 0 fully saturated rings. The molecule has 0 aliphatic carbocycles. The van der Waals surface area contributed by atoms with E-state index in [1.807, 2.05) is 4.90 Å². The number of nitrogens with one attached hydrogen (secondary N) is 1. The lowest BCUT2D eigenvalue weighted by Gasteiger charge is -2.21. The summed E-state index contributed by atoms with van der Waals surface area (Å²) in [4.78, 5) is 27.4. The molecule has 0 unspecified atom stereocenters. The quantitative estimate of drug-likeness (QED) is 0.397. The smallest absolute Gasteiger partial charge is 0.255 e. The third-order valence-corrected chi connectivity index (χ3v) is 5.21. The Balaban J connectivity index is 2.09. The zero-order valence-corrected chi connectivity index (χ0v) is 19.6. The van der Waals surface area contributed by atoms with Crippen LogP contribution in [0.15, 0.2) is 46.9 Å². The molecule has 0 spiro atoms. The van der Waals surface area contributed by atoms with E-state index in [0.29, 0.717) is 23.4 Å². The number of amides is 2. The molecule has 6 heteroatoms. The first-order chi connectivity index (χ1) is 14.5. The first-order valence-corrected chi connectivity index (χ1v) is 11.4. The fraction of sp³-hybridized carbons (Fsp3) is 0.417. The normalized spacial score (nSPS) is 10.5. The van der Waals surface area contributed by atoms with Gasteiger partial charge in [0.1, 0.15) is 5.75 Å². The fourth-order valence-electron chi connectivity index (χ4n) is 3.06. The van der Waals surface area contributed by atoms with Crippen LogP contribution in [0.2, 0.25) is 0 Å². The van der Waals surface area contributed by atoms with Crippen LogP contribution in [0.4, 0.5) is 5.69 Å². The first kappa shape index (κ1) is 23.9. The van der Waals surface area contributed by atoms with Crippen LogP contribution in [0.3, 0.4) is 0 Å².